The standard InChI is InChI=1S/C13H24N4S/c1-5-10(6-2)9-17(7-3)12-8-11(14)15-13(16-12)18-4/h8,10H,5-7,9H2,1-4H3,(H2,14,15,16). The molecule has 1 aromatic rings. The fourth-order valence-corrected chi connectivity index (χ4v) is 2.31. The lowest BCUT2D eigenvalue weighted by Gasteiger charge is -2.26. The van der Waals surface area contributed by atoms with E-state index < -0.39 is 0 Å². The Morgan fingerprint density at radius 3 is 2.44 bits per heavy atom. The highest BCUT2D eigenvalue weighted by Crippen LogP contribution is 2.21. The molecule has 0 aliphatic carbocycles. The van der Waals surface area contributed by atoms with Gasteiger partial charge in [0.15, 0.2) is 5.16 Å². The van der Waals surface area contributed by atoms with Gasteiger partial charge < -0.3 is 10.6 Å². The molecule has 0 saturated heterocycles. The lowest BCUT2D eigenvalue weighted by Crippen LogP contribution is -2.30. The second-order valence-electron chi connectivity index (χ2n) is 4.36. The Morgan fingerprint density at radius 1 is 1.28 bits per heavy atom. The minimum absolute atomic E-state index is 0.548. The van der Waals surface area contributed by atoms with Crippen LogP contribution >= 0.6 is 11.8 Å². The summed E-state index contributed by atoms with van der Waals surface area (Å²) in [5.74, 6) is 2.20. The highest BCUT2D eigenvalue weighted by Gasteiger charge is 2.13. The predicted molar refractivity (Wildman–Crippen MR) is 80.2 cm³/mol. The molecule has 2 N–H and O–H groups in total. The molecule has 1 heterocycles. The van der Waals surface area contributed by atoms with E-state index in [2.05, 4.69) is 35.6 Å². The van der Waals surface area contributed by atoms with E-state index in [1.165, 1.54) is 24.6 Å². The summed E-state index contributed by atoms with van der Waals surface area (Å²) in [5.41, 5.74) is 5.83. The number of thioether (sulfide) groups is 1. The maximum atomic E-state index is 5.83. The Kier molecular flexibility index (Phi) is 6.25. The summed E-state index contributed by atoms with van der Waals surface area (Å²) in [7, 11) is 0. The summed E-state index contributed by atoms with van der Waals surface area (Å²) in [6, 6.07) is 1.87. The van der Waals surface area contributed by atoms with Gasteiger partial charge in [-0.25, -0.2) is 9.97 Å². The third kappa shape index (κ3) is 4.05. The molecule has 0 unspecified atom stereocenters. The smallest absolute Gasteiger partial charge is 0.191 e. The third-order valence-corrected chi connectivity index (χ3v) is 3.78. The summed E-state index contributed by atoms with van der Waals surface area (Å²) < 4.78 is 0. The molecule has 5 heteroatoms. The molecule has 1 rings (SSSR count). The molecule has 0 radical (unpaired) electrons. The Bertz CT molecular complexity index is 366. The molecule has 0 spiro atoms. The Hall–Kier alpha value is -0.970. The van der Waals surface area contributed by atoms with E-state index >= 15 is 0 Å². The van der Waals surface area contributed by atoms with Crippen LogP contribution in [0, 0.1) is 5.92 Å². The number of nitrogens with zero attached hydrogens (tertiary/aromatic N) is 3. The van der Waals surface area contributed by atoms with Gasteiger partial charge in [0.1, 0.15) is 11.6 Å². The Morgan fingerprint density at radius 2 is 1.94 bits per heavy atom. The zero-order chi connectivity index (χ0) is 13.5. The molecule has 0 fully saturated rings. The van der Waals surface area contributed by atoms with E-state index in [4.69, 9.17) is 5.73 Å². The van der Waals surface area contributed by atoms with Gasteiger partial charge in [-0.05, 0) is 19.1 Å². The van der Waals surface area contributed by atoms with Crippen LogP contribution in [0.2, 0.25) is 0 Å². The topological polar surface area (TPSA) is 55.0 Å². The van der Waals surface area contributed by atoms with Gasteiger partial charge in [0, 0.05) is 19.2 Å². The van der Waals surface area contributed by atoms with E-state index in [1.807, 2.05) is 12.3 Å². The van der Waals surface area contributed by atoms with E-state index in [1.54, 1.807) is 0 Å². The first-order valence-corrected chi connectivity index (χ1v) is 7.80. The number of nitrogens with two attached hydrogens (primary N) is 1. The SMILES string of the molecule is CCC(CC)CN(CC)c1cc(N)nc(SC)n1. The fourth-order valence-electron chi connectivity index (χ4n) is 1.93. The van der Waals surface area contributed by atoms with Crippen molar-refractivity contribution < 1.29 is 0 Å². The van der Waals surface area contributed by atoms with Crippen LogP contribution in [-0.4, -0.2) is 29.3 Å². The molecule has 1 aromatic heterocycles. The van der Waals surface area contributed by atoms with Crippen molar-refractivity contribution in [3.63, 3.8) is 0 Å². The predicted octanol–water partition coefficient (Wildman–Crippen LogP) is 3.04. The highest BCUT2D eigenvalue weighted by molar-refractivity contribution is 7.98. The molecule has 18 heavy (non-hydrogen) atoms. The van der Waals surface area contributed by atoms with Gasteiger partial charge in [0.25, 0.3) is 0 Å². The third-order valence-electron chi connectivity index (χ3n) is 3.23. The number of nitrogen functional groups attached to an aromatic ring is 1. The number of hydrogen-bond donors (Lipinski definition) is 1. The first-order valence-electron chi connectivity index (χ1n) is 6.57. The molecule has 0 aromatic carbocycles. The van der Waals surface area contributed by atoms with Crippen molar-refractivity contribution >= 4 is 23.4 Å². The van der Waals surface area contributed by atoms with Crippen LogP contribution in [0.1, 0.15) is 33.6 Å². The normalized spacial score (nSPS) is 10.9. The largest absolute Gasteiger partial charge is 0.383 e. The lowest BCUT2D eigenvalue weighted by atomic mass is 10.0. The van der Waals surface area contributed by atoms with Crippen molar-refractivity contribution in [2.45, 2.75) is 38.8 Å². The zero-order valence-electron chi connectivity index (χ0n) is 11.8. The molecular weight excluding hydrogens is 244 g/mol. The molecule has 0 aliphatic heterocycles. The van der Waals surface area contributed by atoms with Crippen molar-refractivity contribution in [2.75, 3.05) is 30.0 Å². The molecule has 0 aliphatic rings. The van der Waals surface area contributed by atoms with Gasteiger partial charge in [-0.2, -0.15) is 0 Å². The summed E-state index contributed by atoms with van der Waals surface area (Å²) in [6.07, 6.45) is 4.36. The van der Waals surface area contributed by atoms with Gasteiger partial charge in [-0.15, -0.1) is 0 Å². The van der Waals surface area contributed by atoms with E-state index in [0.29, 0.717) is 11.7 Å². The van der Waals surface area contributed by atoms with Crippen LogP contribution in [0.5, 0.6) is 0 Å². The van der Waals surface area contributed by atoms with E-state index in [9.17, 15) is 0 Å². The van der Waals surface area contributed by atoms with Crippen LogP contribution in [0.4, 0.5) is 11.6 Å². The molecule has 102 valence electrons. The van der Waals surface area contributed by atoms with E-state index in [0.717, 1.165) is 24.1 Å². The van der Waals surface area contributed by atoms with Crippen LogP contribution in [0.25, 0.3) is 0 Å². The average Bonchev–Trinajstić information content (AvgIpc) is 2.39. The minimum Gasteiger partial charge on any atom is -0.383 e. The molecule has 0 amide bonds. The number of aromatic nitrogens is 2. The van der Waals surface area contributed by atoms with Gasteiger partial charge in [-0.3, -0.25) is 0 Å². The van der Waals surface area contributed by atoms with Crippen molar-refractivity contribution in [1.29, 1.82) is 0 Å². The van der Waals surface area contributed by atoms with Gasteiger partial charge in [-0.1, -0.05) is 38.5 Å². The summed E-state index contributed by atoms with van der Waals surface area (Å²) in [4.78, 5) is 11.0. The van der Waals surface area contributed by atoms with Crippen LogP contribution < -0.4 is 10.6 Å². The second kappa shape index (κ2) is 7.46. The van der Waals surface area contributed by atoms with E-state index in [-0.39, 0.29) is 0 Å². The maximum Gasteiger partial charge on any atom is 0.191 e. The van der Waals surface area contributed by atoms with Gasteiger partial charge >= 0.3 is 0 Å². The molecule has 4 nitrogen and oxygen atoms in total. The van der Waals surface area contributed by atoms with Crippen LogP contribution in [-0.2, 0) is 0 Å². The van der Waals surface area contributed by atoms with Crippen molar-refractivity contribution in [1.82, 2.24) is 9.97 Å². The maximum absolute atomic E-state index is 5.83. The fraction of sp³-hybridized carbons (Fsp3) is 0.692. The van der Waals surface area contributed by atoms with Gasteiger partial charge in [0.05, 0.1) is 0 Å². The van der Waals surface area contributed by atoms with Crippen molar-refractivity contribution in [3.8, 4) is 0 Å². The quantitative estimate of drug-likeness (QED) is 0.608. The molecule has 0 bridgehead atoms. The van der Waals surface area contributed by atoms with Crippen LogP contribution in [0.15, 0.2) is 11.2 Å². The molecular formula is C13H24N4S. The lowest BCUT2D eigenvalue weighted by molar-refractivity contribution is 0.484. The second-order valence-corrected chi connectivity index (χ2v) is 5.13. The summed E-state index contributed by atoms with van der Waals surface area (Å²) in [6.45, 7) is 8.61. The Balaban J connectivity index is 2.90. The van der Waals surface area contributed by atoms with Crippen LogP contribution in [0.3, 0.4) is 0 Å². The average molecular weight is 268 g/mol. The molecule has 0 atom stereocenters. The first-order chi connectivity index (χ1) is 8.64. The van der Waals surface area contributed by atoms with Gasteiger partial charge in [0.2, 0.25) is 0 Å². The van der Waals surface area contributed by atoms with Crippen molar-refractivity contribution in [3.05, 3.63) is 6.07 Å². The number of rotatable bonds is 7. The minimum atomic E-state index is 0.548. The first kappa shape index (κ1) is 15.1. The monoisotopic (exact) mass is 268 g/mol. The highest BCUT2D eigenvalue weighted by atomic mass is 32.2. The number of hydrogen-bond acceptors (Lipinski definition) is 5. The zero-order valence-corrected chi connectivity index (χ0v) is 12.6. The Labute approximate surface area is 114 Å². The summed E-state index contributed by atoms with van der Waals surface area (Å²) >= 11 is 1.53. The number of anilines is 2. The van der Waals surface area contributed by atoms with Crippen molar-refractivity contribution in [2.24, 2.45) is 5.92 Å². The summed E-state index contributed by atoms with van der Waals surface area (Å²) in [5, 5.41) is 0.744. The molecule has 0 saturated carbocycles.